The summed E-state index contributed by atoms with van der Waals surface area (Å²) in [6.07, 6.45) is 0. The largest absolute Gasteiger partial charge is 0.465 e. The minimum absolute atomic E-state index is 0.0840. The van der Waals surface area contributed by atoms with Gasteiger partial charge in [-0.05, 0) is 19.1 Å². The van der Waals surface area contributed by atoms with E-state index < -0.39 is 30.1 Å². The average Bonchev–Trinajstić information content (AvgIpc) is 2.46. The van der Waals surface area contributed by atoms with Crippen molar-refractivity contribution in [3.8, 4) is 6.07 Å². The number of ether oxygens (including phenoxy) is 1. The molecule has 1 amide bonds. The normalized spacial score (nSPS) is 11.0. The van der Waals surface area contributed by atoms with E-state index in [0.717, 1.165) is 0 Å². The summed E-state index contributed by atoms with van der Waals surface area (Å²) in [7, 11) is 0. The minimum Gasteiger partial charge on any atom is -0.465 e. The molecule has 1 rings (SSSR count). The second kappa shape index (κ2) is 7.69. The van der Waals surface area contributed by atoms with E-state index in [9.17, 15) is 14.4 Å². The minimum atomic E-state index is -1.51. The highest BCUT2D eigenvalue weighted by molar-refractivity contribution is 6.04. The van der Waals surface area contributed by atoms with E-state index in [0.29, 0.717) is 5.56 Å². The predicted octanol–water partition coefficient (Wildman–Crippen LogP) is 0.688. The Kier molecular flexibility index (Phi) is 5.91. The quantitative estimate of drug-likeness (QED) is 0.608. The SMILES string of the molecule is CCOC(=O)C(C#N)C(=O)CNC(=O)c1ccccc1. The van der Waals surface area contributed by atoms with Gasteiger partial charge < -0.3 is 10.1 Å². The first-order valence-electron chi connectivity index (χ1n) is 6.02. The maximum Gasteiger partial charge on any atom is 0.331 e. The van der Waals surface area contributed by atoms with Crippen LogP contribution in [-0.2, 0) is 14.3 Å². The Hall–Kier alpha value is -2.68. The van der Waals surface area contributed by atoms with E-state index in [1.54, 1.807) is 43.3 Å². The van der Waals surface area contributed by atoms with E-state index >= 15 is 0 Å². The van der Waals surface area contributed by atoms with E-state index in [4.69, 9.17) is 5.26 Å². The second-order valence-corrected chi connectivity index (χ2v) is 3.83. The Morgan fingerprint density at radius 2 is 1.95 bits per heavy atom. The molecule has 1 aromatic carbocycles. The number of benzene rings is 1. The number of Topliss-reactive ketones (excluding diaryl/α,β-unsaturated/α-hetero) is 1. The van der Waals surface area contributed by atoms with Crippen LogP contribution in [0.3, 0.4) is 0 Å². The number of hydrogen-bond acceptors (Lipinski definition) is 5. The predicted molar refractivity (Wildman–Crippen MR) is 69.5 cm³/mol. The van der Waals surface area contributed by atoms with Crippen LogP contribution in [0.1, 0.15) is 17.3 Å². The smallest absolute Gasteiger partial charge is 0.331 e. The van der Waals surface area contributed by atoms with Gasteiger partial charge in [0, 0.05) is 5.56 Å². The van der Waals surface area contributed by atoms with Gasteiger partial charge in [-0.25, -0.2) is 0 Å². The van der Waals surface area contributed by atoms with Gasteiger partial charge in [0.25, 0.3) is 5.91 Å². The van der Waals surface area contributed by atoms with Crippen molar-refractivity contribution in [2.45, 2.75) is 6.92 Å². The lowest BCUT2D eigenvalue weighted by atomic mass is 10.1. The summed E-state index contributed by atoms with van der Waals surface area (Å²) >= 11 is 0. The number of carbonyl (C=O) groups excluding carboxylic acids is 3. The van der Waals surface area contributed by atoms with Gasteiger partial charge in [-0.15, -0.1) is 0 Å². The molecule has 0 aliphatic heterocycles. The summed E-state index contributed by atoms with van der Waals surface area (Å²) in [4.78, 5) is 34.7. The van der Waals surface area contributed by atoms with Crippen molar-refractivity contribution >= 4 is 17.7 Å². The number of nitrogens with zero attached hydrogens (tertiary/aromatic N) is 1. The lowest BCUT2D eigenvalue weighted by Crippen LogP contribution is -2.36. The number of ketones is 1. The summed E-state index contributed by atoms with van der Waals surface area (Å²) < 4.78 is 4.61. The molecular formula is C14H14N2O4. The summed E-state index contributed by atoms with van der Waals surface area (Å²) in [6.45, 7) is 1.26. The Morgan fingerprint density at radius 1 is 1.30 bits per heavy atom. The summed E-state index contributed by atoms with van der Waals surface area (Å²) in [6, 6.07) is 9.89. The zero-order chi connectivity index (χ0) is 15.0. The third kappa shape index (κ3) is 4.21. The van der Waals surface area contributed by atoms with E-state index in [1.165, 1.54) is 0 Å². The van der Waals surface area contributed by atoms with Crippen LogP contribution < -0.4 is 5.32 Å². The van der Waals surface area contributed by atoms with Crippen molar-refractivity contribution in [3.05, 3.63) is 35.9 Å². The van der Waals surface area contributed by atoms with Crippen molar-refractivity contribution in [2.24, 2.45) is 5.92 Å². The van der Waals surface area contributed by atoms with Gasteiger partial charge in [0.05, 0.1) is 19.2 Å². The van der Waals surface area contributed by atoms with Crippen LogP contribution in [-0.4, -0.2) is 30.8 Å². The standard InChI is InChI=1S/C14H14N2O4/c1-2-20-14(19)11(8-15)12(17)9-16-13(18)10-6-4-3-5-7-10/h3-7,11H,2,9H2,1H3,(H,16,18). The van der Waals surface area contributed by atoms with Crippen molar-refractivity contribution in [3.63, 3.8) is 0 Å². The molecular weight excluding hydrogens is 260 g/mol. The second-order valence-electron chi connectivity index (χ2n) is 3.83. The molecule has 1 N–H and O–H groups in total. The average molecular weight is 274 g/mol. The first-order valence-corrected chi connectivity index (χ1v) is 6.02. The van der Waals surface area contributed by atoms with Gasteiger partial charge in [0.2, 0.25) is 5.92 Å². The molecule has 6 heteroatoms. The molecule has 1 aromatic rings. The Balaban J connectivity index is 2.56. The molecule has 6 nitrogen and oxygen atoms in total. The first kappa shape index (κ1) is 15.4. The van der Waals surface area contributed by atoms with Crippen molar-refractivity contribution in [1.29, 1.82) is 5.26 Å². The number of carbonyl (C=O) groups is 3. The molecule has 104 valence electrons. The molecule has 0 aromatic heterocycles. The van der Waals surface area contributed by atoms with Crippen LogP contribution in [0, 0.1) is 17.2 Å². The third-order valence-electron chi connectivity index (χ3n) is 2.43. The number of hydrogen-bond donors (Lipinski definition) is 1. The summed E-state index contributed by atoms with van der Waals surface area (Å²) in [5.74, 6) is -3.55. The molecule has 1 atom stereocenters. The van der Waals surface area contributed by atoms with Crippen LogP contribution in [0.5, 0.6) is 0 Å². The van der Waals surface area contributed by atoms with Crippen LogP contribution in [0.4, 0.5) is 0 Å². The van der Waals surface area contributed by atoms with E-state index in [-0.39, 0.29) is 6.61 Å². The number of nitrogens with one attached hydrogen (secondary N) is 1. The highest BCUT2D eigenvalue weighted by Crippen LogP contribution is 2.01. The third-order valence-corrected chi connectivity index (χ3v) is 2.43. The molecule has 0 spiro atoms. The van der Waals surface area contributed by atoms with Gasteiger partial charge >= 0.3 is 5.97 Å². The number of esters is 1. The molecule has 0 saturated heterocycles. The van der Waals surface area contributed by atoms with Crippen molar-refractivity contribution < 1.29 is 19.1 Å². The van der Waals surface area contributed by atoms with Crippen LogP contribution in [0.25, 0.3) is 0 Å². The lowest BCUT2D eigenvalue weighted by Gasteiger charge is -2.08. The van der Waals surface area contributed by atoms with E-state index in [2.05, 4.69) is 10.1 Å². The van der Waals surface area contributed by atoms with Gasteiger partial charge in [-0.1, -0.05) is 18.2 Å². The van der Waals surface area contributed by atoms with Gasteiger partial charge in [0.1, 0.15) is 0 Å². The van der Waals surface area contributed by atoms with Gasteiger partial charge in [-0.3, -0.25) is 14.4 Å². The highest BCUT2D eigenvalue weighted by Gasteiger charge is 2.27. The zero-order valence-electron chi connectivity index (χ0n) is 11.0. The van der Waals surface area contributed by atoms with Crippen molar-refractivity contribution in [2.75, 3.05) is 13.2 Å². The Bertz CT molecular complexity index is 534. The maximum absolute atomic E-state index is 11.7. The molecule has 0 radical (unpaired) electrons. The molecule has 0 saturated carbocycles. The maximum atomic E-state index is 11.7. The molecule has 20 heavy (non-hydrogen) atoms. The zero-order valence-corrected chi connectivity index (χ0v) is 11.0. The number of nitriles is 1. The number of rotatable bonds is 6. The van der Waals surface area contributed by atoms with E-state index in [1.807, 2.05) is 0 Å². The topological polar surface area (TPSA) is 96.3 Å². The fourth-order valence-electron chi connectivity index (χ4n) is 1.44. The molecule has 0 heterocycles. The highest BCUT2D eigenvalue weighted by atomic mass is 16.5. The van der Waals surface area contributed by atoms with Crippen LogP contribution >= 0.6 is 0 Å². The number of amides is 1. The van der Waals surface area contributed by atoms with Crippen LogP contribution in [0.2, 0.25) is 0 Å². The monoisotopic (exact) mass is 274 g/mol. The lowest BCUT2D eigenvalue weighted by molar-refractivity contribution is -0.148. The fourth-order valence-corrected chi connectivity index (χ4v) is 1.44. The summed E-state index contributed by atoms with van der Waals surface area (Å²) in [5.41, 5.74) is 0.393. The van der Waals surface area contributed by atoms with Crippen LogP contribution in [0.15, 0.2) is 30.3 Å². The Labute approximate surface area is 116 Å². The molecule has 1 unspecified atom stereocenters. The van der Waals surface area contributed by atoms with Crippen molar-refractivity contribution in [1.82, 2.24) is 5.32 Å². The fraction of sp³-hybridized carbons (Fsp3) is 0.286. The van der Waals surface area contributed by atoms with Gasteiger partial charge in [-0.2, -0.15) is 5.26 Å². The summed E-state index contributed by atoms with van der Waals surface area (Å²) in [5, 5.41) is 11.2. The molecule has 0 aliphatic rings. The Morgan fingerprint density at radius 3 is 2.50 bits per heavy atom. The first-order chi connectivity index (χ1) is 9.60. The van der Waals surface area contributed by atoms with Gasteiger partial charge in [0.15, 0.2) is 5.78 Å². The molecule has 0 bridgehead atoms. The molecule has 0 fully saturated rings. The molecule has 0 aliphatic carbocycles.